The molecule has 1 atom stereocenters. The highest BCUT2D eigenvalue weighted by molar-refractivity contribution is 4.91. The van der Waals surface area contributed by atoms with Crippen LogP contribution in [-0.4, -0.2) is 49.8 Å². The van der Waals surface area contributed by atoms with Crippen LogP contribution in [0.25, 0.3) is 0 Å². The number of rotatable bonds is 7. The van der Waals surface area contributed by atoms with E-state index in [9.17, 15) is 0 Å². The Labute approximate surface area is 99.5 Å². The molecule has 0 spiro atoms. The van der Waals surface area contributed by atoms with Gasteiger partial charge in [0.05, 0.1) is 6.61 Å². The molecular formula is C13H26N2O. The van der Waals surface area contributed by atoms with Gasteiger partial charge in [0.1, 0.15) is 0 Å². The van der Waals surface area contributed by atoms with Crippen LogP contribution in [0.1, 0.15) is 33.1 Å². The van der Waals surface area contributed by atoms with Crippen LogP contribution in [0.2, 0.25) is 0 Å². The number of nitrogens with one attached hydrogen (secondary N) is 1. The van der Waals surface area contributed by atoms with Gasteiger partial charge in [-0.05, 0) is 25.2 Å². The van der Waals surface area contributed by atoms with Gasteiger partial charge in [-0.3, -0.25) is 4.90 Å². The minimum absolute atomic E-state index is 0.650. The summed E-state index contributed by atoms with van der Waals surface area (Å²) >= 11 is 0. The highest BCUT2D eigenvalue weighted by Gasteiger charge is 2.33. The Kier molecular flexibility index (Phi) is 4.62. The zero-order valence-electron chi connectivity index (χ0n) is 10.7. The second-order valence-corrected chi connectivity index (χ2v) is 5.63. The number of ether oxygens (including phenoxy) is 1. The quantitative estimate of drug-likeness (QED) is 0.666. The van der Waals surface area contributed by atoms with E-state index in [1.165, 1.54) is 32.4 Å². The van der Waals surface area contributed by atoms with Crippen molar-refractivity contribution in [3.8, 4) is 0 Å². The lowest BCUT2D eigenvalue weighted by Gasteiger charge is -2.16. The van der Waals surface area contributed by atoms with E-state index in [-0.39, 0.29) is 0 Å². The van der Waals surface area contributed by atoms with Gasteiger partial charge in [-0.25, -0.2) is 0 Å². The Morgan fingerprint density at radius 2 is 2.12 bits per heavy atom. The van der Waals surface area contributed by atoms with E-state index in [1.54, 1.807) is 0 Å². The Bertz CT molecular complexity index is 204. The van der Waals surface area contributed by atoms with E-state index in [2.05, 4.69) is 24.1 Å². The van der Waals surface area contributed by atoms with Gasteiger partial charge in [-0.1, -0.05) is 13.8 Å². The Hall–Kier alpha value is -0.120. The smallest absolute Gasteiger partial charge is 0.0591 e. The summed E-state index contributed by atoms with van der Waals surface area (Å²) in [6.45, 7) is 9.70. The molecule has 2 fully saturated rings. The zero-order valence-corrected chi connectivity index (χ0v) is 10.7. The number of nitrogens with zero attached hydrogens (tertiary/aromatic N) is 1. The molecule has 1 saturated heterocycles. The maximum atomic E-state index is 5.57. The van der Waals surface area contributed by atoms with Crippen LogP contribution >= 0.6 is 0 Å². The van der Waals surface area contributed by atoms with E-state index < -0.39 is 0 Å². The van der Waals surface area contributed by atoms with Gasteiger partial charge in [0.15, 0.2) is 0 Å². The Balaban J connectivity index is 1.47. The van der Waals surface area contributed by atoms with Gasteiger partial charge >= 0.3 is 0 Å². The normalized spacial score (nSPS) is 26.8. The van der Waals surface area contributed by atoms with Crippen molar-refractivity contribution in [3.63, 3.8) is 0 Å². The first kappa shape index (κ1) is 12.3. The van der Waals surface area contributed by atoms with Crippen LogP contribution in [0, 0.1) is 5.92 Å². The molecule has 1 N–H and O–H groups in total. The van der Waals surface area contributed by atoms with Crippen molar-refractivity contribution in [2.45, 2.75) is 45.2 Å². The van der Waals surface area contributed by atoms with E-state index >= 15 is 0 Å². The molecule has 1 aliphatic heterocycles. The first-order valence-corrected chi connectivity index (χ1v) is 6.81. The van der Waals surface area contributed by atoms with Crippen molar-refractivity contribution in [1.29, 1.82) is 0 Å². The zero-order chi connectivity index (χ0) is 11.4. The van der Waals surface area contributed by atoms with Crippen LogP contribution in [0.4, 0.5) is 0 Å². The van der Waals surface area contributed by atoms with Crippen LogP contribution in [0.5, 0.6) is 0 Å². The molecule has 2 aliphatic rings. The monoisotopic (exact) mass is 226 g/mol. The van der Waals surface area contributed by atoms with Crippen LogP contribution in [-0.2, 0) is 4.74 Å². The van der Waals surface area contributed by atoms with Crippen molar-refractivity contribution >= 4 is 0 Å². The number of hydrogen-bond acceptors (Lipinski definition) is 3. The molecule has 3 heteroatoms. The van der Waals surface area contributed by atoms with Crippen molar-refractivity contribution < 1.29 is 4.74 Å². The highest BCUT2D eigenvalue weighted by Crippen LogP contribution is 2.29. The van der Waals surface area contributed by atoms with Gasteiger partial charge in [-0.15, -0.1) is 0 Å². The van der Waals surface area contributed by atoms with Gasteiger partial charge in [0.25, 0.3) is 0 Å². The Morgan fingerprint density at radius 1 is 1.31 bits per heavy atom. The van der Waals surface area contributed by atoms with Gasteiger partial charge < -0.3 is 10.1 Å². The lowest BCUT2D eigenvalue weighted by Crippen LogP contribution is -2.35. The van der Waals surface area contributed by atoms with Crippen molar-refractivity contribution in [3.05, 3.63) is 0 Å². The summed E-state index contributed by atoms with van der Waals surface area (Å²) < 4.78 is 5.57. The summed E-state index contributed by atoms with van der Waals surface area (Å²) in [6, 6.07) is 1.65. The molecule has 0 bridgehead atoms. The average molecular weight is 226 g/mol. The molecule has 0 aromatic carbocycles. The van der Waals surface area contributed by atoms with Crippen LogP contribution in [0.15, 0.2) is 0 Å². The molecule has 0 aromatic rings. The van der Waals surface area contributed by atoms with E-state index in [1.807, 2.05) is 0 Å². The molecule has 1 heterocycles. The van der Waals surface area contributed by atoms with Gasteiger partial charge in [-0.2, -0.15) is 0 Å². The fourth-order valence-corrected chi connectivity index (χ4v) is 2.38. The first-order chi connectivity index (χ1) is 7.75. The molecule has 1 aliphatic carbocycles. The number of likely N-dealkylation sites (tertiary alicyclic amines) is 1. The molecule has 16 heavy (non-hydrogen) atoms. The second kappa shape index (κ2) is 5.99. The van der Waals surface area contributed by atoms with Gasteiger partial charge in [0.2, 0.25) is 0 Å². The predicted molar refractivity (Wildman–Crippen MR) is 66.7 cm³/mol. The van der Waals surface area contributed by atoms with Crippen LogP contribution in [0.3, 0.4) is 0 Å². The number of hydrogen-bond donors (Lipinski definition) is 1. The molecule has 94 valence electrons. The molecule has 0 amide bonds. The SMILES string of the molecule is CC(C)COCCN[C@H]1CCN(C2CC2)C1. The third kappa shape index (κ3) is 4.04. The van der Waals surface area contributed by atoms with Crippen LogP contribution < -0.4 is 5.32 Å². The van der Waals surface area contributed by atoms with Gasteiger partial charge in [0, 0.05) is 38.3 Å². The Morgan fingerprint density at radius 3 is 2.81 bits per heavy atom. The molecule has 3 nitrogen and oxygen atoms in total. The summed E-state index contributed by atoms with van der Waals surface area (Å²) in [4.78, 5) is 2.65. The maximum absolute atomic E-state index is 5.57. The summed E-state index contributed by atoms with van der Waals surface area (Å²) in [7, 11) is 0. The maximum Gasteiger partial charge on any atom is 0.0591 e. The second-order valence-electron chi connectivity index (χ2n) is 5.63. The summed E-state index contributed by atoms with van der Waals surface area (Å²) in [5.74, 6) is 0.650. The minimum Gasteiger partial charge on any atom is -0.380 e. The molecule has 2 rings (SSSR count). The van der Waals surface area contributed by atoms with Crippen molar-refractivity contribution in [2.75, 3.05) is 32.8 Å². The molecule has 1 saturated carbocycles. The lowest BCUT2D eigenvalue weighted by molar-refractivity contribution is 0.110. The first-order valence-electron chi connectivity index (χ1n) is 6.81. The standard InChI is InChI=1S/C13H26N2O/c1-11(2)10-16-8-6-14-12-5-7-15(9-12)13-3-4-13/h11-14H,3-10H2,1-2H3/t12-/m0/s1. The molecule has 0 aromatic heterocycles. The average Bonchev–Trinajstić information content (AvgIpc) is 2.99. The third-order valence-electron chi connectivity index (χ3n) is 3.41. The highest BCUT2D eigenvalue weighted by atomic mass is 16.5. The van der Waals surface area contributed by atoms with Crippen molar-refractivity contribution in [2.24, 2.45) is 5.92 Å². The minimum atomic E-state index is 0.650. The molecular weight excluding hydrogens is 200 g/mol. The molecule has 0 radical (unpaired) electrons. The fraction of sp³-hybridized carbons (Fsp3) is 1.00. The summed E-state index contributed by atoms with van der Waals surface area (Å²) in [6.07, 6.45) is 4.19. The molecule has 0 unspecified atom stereocenters. The van der Waals surface area contributed by atoms with E-state index in [4.69, 9.17) is 4.74 Å². The predicted octanol–water partition coefficient (Wildman–Crippen LogP) is 1.49. The van der Waals surface area contributed by atoms with Crippen molar-refractivity contribution in [1.82, 2.24) is 10.2 Å². The lowest BCUT2D eigenvalue weighted by atomic mass is 10.2. The van der Waals surface area contributed by atoms with E-state index in [0.717, 1.165) is 25.8 Å². The summed E-state index contributed by atoms with van der Waals surface area (Å²) in [5, 5.41) is 3.60. The third-order valence-corrected chi connectivity index (χ3v) is 3.41. The fourth-order valence-electron chi connectivity index (χ4n) is 2.38. The largest absolute Gasteiger partial charge is 0.380 e. The summed E-state index contributed by atoms with van der Waals surface area (Å²) in [5.41, 5.74) is 0. The van der Waals surface area contributed by atoms with E-state index in [0.29, 0.717) is 12.0 Å². The topological polar surface area (TPSA) is 24.5 Å².